The fourth-order valence-corrected chi connectivity index (χ4v) is 5.34. The Hall–Kier alpha value is -2.40. The van der Waals surface area contributed by atoms with Crippen LogP contribution in [0.3, 0.4) is 0 Å². The normalized spacial score (nSPS) is 26.6. The number of carbonyl (C=O) groups is 1. The van der Waals surface area contributed by atoms with Gasteiger partial charge >= 0.3 is 0 Å². The molecule has 2 aromatic rings. The van der Waals surface area contributed by atoms with Crippen LogP contribution in [0.5, 0.6) is 5.75 Å². The van der Waals surface area contributed by atoms with Crippen LogP contribution in [0.1, 0.15) is 38.2 Å². The van der Waals surface area contributed by atoms with Crippen molar-refractivity contribution in [3.8, 4) is 5.75 Å². The highest BCUT2D eigenvalue weighted by Crippen LogP contribution is 2.42. The molecule has 2 fully saturated rings. The van der Waals surface area contributed by atoms with Crippen molar-refractivity contribution in [1.29, 1.82) is 0 Å². The lowest BCUT2D eigenvalue weighted by Gasteiger charge is -2.39. The molecule has 1 aliphatic carbocycles. The summed E-state index contributed by atoms with van der Waals surface area (Å²) >= 11 is 1.56. The van der Waals surface area contributed by atoms with Crippen molar-refractivity contribution in [3.05, 3.63) is 65.1 Å². The summed E-state index contributed by atoms with van der Waals surface area (Å²) < 4.78 is 0. The zero-order valence-electron chi connectivity index (χ0n) is 16.0. The van der Waals surface area contributed by atoms with Gasteiger partial charge < -0.3 is 15.3 Å². The van der Waals surface area contributed by atoms with Crippen LogP contribution < -0.4 is 5.32 Å². The number of hydrogen-bond donors (Lipinski definition) is 2. The SMILES string of the molecule is C[C@H]1CCCC[C@@H]1N1C(=O)/C(=C/c2cccc(O)c2)SC1Nc1ccccc1. The molecule has 0 bridgehead atoms. The molecule has 1 amide bonds. The summed E-state index contributed by atoms with van der Waals surface area (Å²) in [6.07, 6.45) is 6.53. The van der Waals surface area contributed by atoms with Crippen LogP contribution in [-0.2, 0) is 4.79 Å². The first-order chi connectivity index (χ1) is 13.6. The van der Waals surface area contributed by atoms with Gasteiger partial charge in [-0.3, -0.25) is 4.79 Å². The summed E-state index contributed by atoms with van der Waals surface area (Å²) in [7, 11) is 0. The number of rotatable bonds is 4. The Morgan fingerprint density at radius 1 is 1.11 bits per heavy atom. The Morgan fingerprint density at radius 3 is 2.64 bits per heavy atom. The van der Waals surface area contributed by atoms with Gasteiger partial charge in [-0.05, 0) is 54.7 Å². The lowest BCUT2D eigenvalue weighted by molar-refractivity contribution is -0.129. The Bertz CT molecular complexity index is 868. The number of anilines is 1. The van der Waals surface area contributed by atoms with Gasteiger partial charge in [0.25, 0.3) is 5.91 Å². The highest BCUT2D eigenvalue weighted by Gasteiger charge is 2.42. The topological polar surface area (TPSA) is 52.6 Å². The van der Waals surface area contributed by atoms with Crippen LogP contribution in [0.25, 0.3) is 6.08 Å². The van der Waals surface area contributed by atoms with E-state index >= 15 is 0 Å². The minimum absolute atomic E-state index is 0.0838. The average Bonchev–Trinajstić information content (AvgIpc) is 2.98. The molecule has 2 N–H and O–H groups in total. The molecule has 0 radical (unpaired) electrons. The van der Waals surface area contributed by atoms with E-state index in [0.29, 0.717) is 5.92 Å². The summed E-state index contributed by atoms with van der Waals surface area (Å²) in [6.45, 7) is 2.26. The molecular formula is C23H26N2O2S. The predicted molar refractivity (Wildman–Crippen MR) is 116 cm³/mol. The fraction of sp³-hybridized carbons (Fsp3) is 0.348. The van der Waals surface area contributed by atoms with Crippen molar-refractivity contribution in [2.24, 2.45) is 5.92 Å². The molecule has 0 spiro atoms. The molecule has 2 aromatic carbocycles. The summed E-state index contributed by atoms with van der Waals surface area (Å²) in [6, 6.07) is 17.3. The molecule has 146 valence electrons. The Morgan fingerprint density at radius 2 is 1.89 bits per heavy atom. The molecular weight excluding hydrogens is 368 g/mol. The van der Waals surface area contributed by atoms with Gasteiger partial charge in [0.05, 0.1) is 4.91 Å². The number of nitrogens with one attached hydrogen (secondary N) is 1. The average molecular weight is 395 g/mol. The molecule has 1 unspecified atom stereocenters. The van der Waals surface area contributed by atoms with E-state index in [-0.39, 0.29) is 23.2 Å². The monoisotopic (exact) mass is 394 g/mol. The second-order valence-electron chi connectivity index (χ2n) is 7.63. The minimum Gasteiger partial charge on any atom is -0.508 e. The first kappa shape index (κ1) is 18.9. The molecule has 1 heterocycles. The number of nitrogens with zero attached hydrogens (tertiary/aromatic N) is 1. The van der Waals surface area contributed by atoms with E-state index in [9.17, 15) is 9.90 Å². The zero-order valence-corrected chi connectivity index (χ0v) is 16.9. The lowest BCUT2D eigenvalue weighted by atomic mass is 9.85. The highest BCUT2D eigenvalue weighted by molar-refractivity contribution is 8.05. The quantitative estimate of drug-likeness (QED) is 0.693. The summed E-state index contributed by atoms with van der Waals surface area (Å²) in [5.41, 5.74) is 1.73. The van der Waals surface area contributed by atoms with Crippen molar-refractivity contribution in [3.63, 3.8) is 0 Å². The van der Waals surface area contributed by atoms with E-state index in [0.717, 1.165) is 22.6 Å². The number of aromatic hydroxyl groups is 1. The van der Waals surface area contributed by atoms with Gasteiger partial charge in [0, 0.05) is 11.7 Å². The smallest absolute Gasteiger partial charge is 0.262 e. The Labute approximate surface area is 170 Å². The third-order valence-electron chi connectivity index (χ3n) is 5.59. The van der Waals surface area contributed by atoms with Crippen molar-refractivity contribution in [1.82, 2.24) is 4.90 Å². The molecule has 4 nitrogen and oxygen atoms in total. The first-order valence-corrected chi connectivity index (χ1v) is 10.8. The van der Waals surface area contributed by atoms with E-state index in [1.54, 1.807) is 30.0 Å². The fourth-order valence-electron chi connectivity index (χ4n) is 4.13. The van der Waals surface area contributed by atoms with Gasteiger partial charge in [0.15, 0.2) is 5.50 Å². The molecule has 3 atom stereocenters. The molecule has 2 aliphatic rings. The molecule has 1 aliphatic heterocycles. The zero-order chi connectivity index (χ0) is 19.5. The van der Waals surface area contributed by atoms with E-state index in [2.05, 4.69) is 17.1 Å². The van der Waals surface area contributed by atoms with E-state index in [4.69, 9.17) is 0 Å². The van der Waals surface area contributed by atoms with Gasteiger partial charge in [-0.25, -0.2) is 0 Å². The van der Waals surface area contributed by atoms with E-state index in [1.165, 1.54) is 19.3 Å². The van der Waals surface area contributed by atoms with E-state index < -0.39 is 0 Å². The minimum atomic E-state index is -0.121. The van der Waals surface area contributed by atoms with Crippen LogP contribution in [0, 0.1) is 5.92 Å². The van der Waals surface area contributed by atoms with Crippen molar-refractivity contribution in [2.45, 2.75) is 44.1 Å². The number of amides is 1. The third-order valence-corrected chi connectivity index (χ3v) is 6.71. The Balaban J connectivity index is 1.64. The Kier molecular flexibility index (Phi) is 5.62. The number of carbonyl (C=O) groups excluding carboxylic acids is 1. The summed E-state index contributed by atoms with van der Waals surface area (Å²) in [4.78, 5) is 16.1. The van der Waals surface area contributed by atoms with Gasteiger partial charge in [0.1, 0.15) is 5.75 Å². The van der Waals surface area contributed by atoms with Crippen LogP contribution in [0.2, 0.25) is 0 Å². The number of hydrogen-bond acceptors (Lipinski definition) is 4. The lowest BCUT2D eigenvalue weighted by Crippen LogP contribution is -2.48. The van der Waals surface area contributed by atoms with Crippen LogP contribution in [0.4, 0.5) is 5.69 Å². The van der Waals surface area contributed by atoms with Crippen molar-refractivity contribution in [2.75, 3.05) is 5.32 Å². The standard InChI is InChI=1S/C23H26N2O2S/c1-16-8-5-6-13-20(16)25-22(27)21(15-17-9-7-12-19(26)14-17)28-23(25)24-18-10-3-2-4-11-18/h2-4,7,9-12,14-16,20,23-24,26H,5-6,8,13H2,1H3/b21-15-/t16-,20-,23?/m0/s1. The number of thioether (sulfide) groups is 1. The first-order valence-electron chi connectivity index (χ1n) is 9.93. The van der Waals surface area contributed by atoms with Crippen LogP contribution in [0.15, 0.2) is 59.5 Å². The molecule has 1 saturated heterocycles. The maximum absolute atomic E-state index is 13.4. The van der Waals surface area contributed by atoms with E-state index in [1.807, 2.05) is 42.5 Å². The summed E-state index contributed by atoms with van der Waals surface area (Å²) in [5.74, 6) is 0.792. The molecule has 28 heavy (non-hydrogen) atoms. The van der Waals surface area contributed by atoms with Crippen molar-refractivity contribution >= 4 is 29.4 Å². The molecule has 0 aromatic heterocycles. The number of benzene rings is 2. The van der Waals surface area contributed by atoms with Gasteiger partial charge in [0.2, 0.25) is 0 Å². The number of phenols is 1. The maximum Gasteiger partial charge on any atom is 0.262 e. The molecule has 4 rings (SSSR count). The second-order valence-corrected chi connectivity index (χ2v) is 8.75. The van der Waals surface area contributed by atoms with Crippen LogP contribution in [-0.4, -0.2) is 27.5 Å². The predicted octanol–water partition coefficient (Wildman–Crippen LogP) is 5.28. The summed E-state index contributed by atoms with van der Waals surface area (Å²) in [5, 5.41) is 13.3. The highest BCUT2D eigenvalue weighted by atomic mass is 32.2. The molecule has 1 saturated carbocycles. The maximum atomic E-state index is 13.4. The number of phenolic OH excluding ortho intramolecular Hbond substituents is 1. The van der Waals surface area contributed by atoms with Crippen LogP contribution >= 0.6 is 11.8 Å². The van der Waals surface area contributed by atoms with Gasteiger partial charge in [-0.2, -0.15) is 0 Å². The second kappa shape index (κ2) is 8.31. The number of para-hydroxylation sites is 1. The third kappa shape index (κ3) is 4.04. The largest absolute Gasteiger partial charge is 0.508 e. The molecule has 5 heteroatoms. The van der Waals surface area contributed by atoms with Crippen molar-refractivity contribution < 1.29 is 9.90 Å². The van der Waals surface area contributed by atoms with Gasteiger partial charge in [-0.1, -0.05) is 61.9 Å². The van der Waals surface area contributed by atoms with Gasteiger partial charge in [-0.15, -0.1) is 0 Å².